The molecule has 2 aliphatic heterocycles. The smallest absolute Gasteiger partial charge is 0.274 e. The highest BCUT2D eigenvalue weighted by atomic mass is 35.5. The number of carbonyl (C=O) groups excluding carboxylic acids is 1. The van der Waals surface area contributed by atoms with Crippen molar-refractivity contribution in [2.24, 2.45) is 0 Å². The van der Waals surface area contributed by atoms with Crippen LogP contribution in [0.2, 0.25) is 5.02 Å². The normalized spacial score (nSPS) is 22.5. The van der Waals surface area contributed by atoms with E-state index in [9.17, 15) is 18.3 Å². The Labute approximate surface area is 187 Å². The molecule has 0 saturated carbocycles. The van der Waals surface area contributed by atoms with Crippen LogP contribution >= 0.6 is 23.4 Å². The summed E-state index contributed by atoms with van der Waals surface area (Å²) in [7, 11) is -4.43. The summed E-state index contributed by atoms with van der Waals surface area (Å²) >= 11 is 7.00. The second kappa shape index (κ2) is 8.36. The minimum Gasteiger partial charge on any atom is -0.467 e. The number of nitrogens with one attached hydrogen (secondary N) is 2. The molecule has 3 heterocycles. The number of rotatable bonds is 7. The molecule has 0 radical (unpaired) electrons. The maximum Gasteiger partial charge on any atom is 0.274 e. The van der Waals surface area contributed by atoms with Crippen LogP contribution in [0.3, 0.4) is 0 Å². The third-order valence-corrected chi connectivity index (χ3v) is 8.37. The second-order valence-corrected chi connectivity index (χ2v) is 9.88. The maximum atomic E-state index is 13.4. The van der Waals surface area contributed by atoms with Crippen LogP contribution < -0.4 is 10.0 Å². The lowest BCUT2D eigenvalue weighted by Gasteiger charge is -2.28. The monoisotopic (exact) mass is 487 g/mol. The lowest BCUT2D eigenvalue weighted by atomic mass is 10.1. The third kappa shape index (κ3) is 3.68. The Hall–Kier alpha value is -2.25. The van der Waals surface area contributed by atoms with E-state index < -0.39 is 26.1 Å². The average Bonchev–Trinajstić information content (AvgIpc) is 3.40. The fourth-order valence-corrected chi connectivity index (χ4v) is 6.63. The quantitative estimate of drug-likeness (QED) is 0.536. The topological polar surface area (TPSA) is 140 Å². The number of hydrogen-bond acceptors (Lipinski definition) is 9. The van der Waals surface area contributed by atoms with Gasteiger partial charge >= 0.3 is 0 Å². The molecule has 2 aromatic rings. The predicted octanol–water partition coefficient (Wildman–Crippen LogP) is 2.21. The zero-order chi connectivity index (χ0) is 22.2. The number of nitrogens with zero attached hydrogens (tertiary/aromatic N) is 1. The van der Waals surface area contributed by atoms with Crippen molar-refractivity contribution in [1.82, 2.24) is 5.16 Å². The van der Waals surface area contributed by atoms with Gasteiger partial charge in [-0.15, -0.1) is 11.8 Å². The number of sulfonamides is 1. The minimum atomic E-state index is -4.43. The summed E-state index contributed by atoms with van der Waals surface area (Å²) in [5, 5.41) is 15.8. The Bertz CT molecular complexity index is 1150. The summed E-state index contributed by atoms with van der Waals surface area (Å²) in [6.07, 6.45) is 0.325. The molecule has 0 spiro atoms. The fourth-order valence-electron chi connectivity index (χ4n) is 3.28. The van der Waals surface area contributed by atoms with E-state index in [4.69, 9.17) is 25.6 Å². The average molecular weight is 488 g/mol. The molecule has 166 valence electrons. The van der Waals surface area contributed by atoms with Crippen molar-refractivity contribution in [1.29, 1.82) is 0 Å². The number of benzene rings is 1. The van der Waals surface area contributed by atoms with Crippen molar-refractivity contribution in [3.8, 4) is 0 Å². The van der Waals surface area contributed by atoms with Gasteiger partial charge in [-0.25, -0.2) is 13.1 Å². The third-order valence-electron chi connectivity index (χ3n) is 4.80. The second-order valence-electron chi connectivity index (χ2n) is 6.71. The van der Waals surface area contributed by atoms with Crippen LogP contribution in [0.15, 0.2) is 40.0 Å². The van der Waals surface area contributed by atoms with Gasteiger partial charge in [-0.3, -0.25) is 4.79 Å². The first kappa shape index (κ1) is 22.0. The molecule has 2 atom stereocenters. The lowest BCUT2D eigenvalue weighted by Crippen LogP contribution is -2.53. The lowest BCUT2D eigenvalue weighted by molar-refractivity contribution is -0.118. The largest absolute Gasteiger partial charge is 0.467 e. The van der Waals surface area contributed by atoms with Gasteiger partial charge in [0.1, 0.15) is 16.0 Å². The first-order valence-corrected chi connectivity index (χ1v) is 11.9. The summed E-state index contributed by atoms with van der Waals surface area (Å²) in [4.78, 5) is 11.0. The van der Waals surface area contributed by atoms with E-state index in [0.29, 0.717) is 23.4 Å². The van der Waals surface area contributed by atoms with Gasteiger partial charge in [-0.05, 0) is 25.0 Å². The van der Waals surface area contributed by atoms with Crippen LogP contribution in [0.25, 0.3) is 0 Å². The zero-order valence-corrected chi connectivity index (χ0v) is 18.5. The van der Waals surface area contributed by atoms with Crippen molar-refractivity contribution in [2.75, 3.05) is 23.4 Å². The Morgan fingerprint density at radius 1 is 1.42 bits per heavy atom. The number of halogens is 1. The Morgan fingerprint density at radius 3 is 2.90 bits per heavy atom. The van der Waals surface area contributed by atoms with E-state index in [1.165, 1.54) is 5.41 Å². The van der Waals surface area contributed by atoms with Crippen LogP contribution in [0.5, 0.6) is 0 Å². The molecule has 31 heavy (non-hydrogen) atoms. The van der Waals surface area contributed by atoms with Crippen LogP contribution in [-0.2, 0) is 30.7 Å². The highest BCUT2D eigenvalue weighted by Gasteiger charge is 2.65. The number of aliphatic hydroxyl groups excluding tert-OH is 1. The molecule has 1 aromatic carbocycles. The number of carbonyl (C=O) groups is 1. The molecule has 10 nitrogen and oxygen atoms in total. The number of fused-ring (bicyclic) bond motifs is 1. The number of amides is 1. The van der Waals surface area contributed by atoms with Crippen LogP contribution in [0.1, 0.15) is 11.3 Å². The molecule has 1 amide bonds. The summed E-state index contributed by atoms with van der Waals surface area (Å²) in [5.74, 6) is -0.911. The highest BCUT2D eigenvalue weighted by molar-refractivity contribution is 8.05. The maximum absolute atomic E-state index is 13.4. The van der Waals surface area contributed by atoms with E-state index in [0.717, 1.165) is 11.8 Å². The van der Waals surface area contributed by atoms with Gasteiger partial charge in [0.2, 0.25) is 5.91 Å². The molecule has 4 rings (SSSR count). The number of hydrogen-bond donors (Lipinski definition) is 3. The van der Waals surface area contributed by atoms with E-state index in [1.54, 1.807) is 31.2 Å². The summed E-state index contributed by atoms with van der Waals surface area (Å²) in [6, 6.07) is 6.92. The van der Waals surface area contributed by atoms with Gasteiger partial charge in [0.25, 0.3) is 20.8 Å². The van der Waals surface area contributed by atoms with Gasteiger partial charge in [-0.1, -0.05) is 35.0 Å². The van der Waals surface area contributed by atoms with E-state index >= 15 is 0 Å². The van der Waals surface area contributed by atoms with Crippen molar-refractivity contribution in [3.05, 3.63) is 51.7 Å². The summed E-state index contributed by atoms with van der Waals surface area (Å²) < 4.78 is 44.8. The molecule has 2 aliphatic rings. The van der Waals surface area contributed by atoms with Crippen LogP contribution in [-0.4, -0.2) is 48.2 Å². The highest BCUT2D eigenvalue weighted by Crippen LogP contribution is 2.50. The van der Waals surface area contributed by atoms with Crippen molar-refractivity contribution >= 4 is 50.9 Å². The van der Waals surface area contributed by atoms with E-state index in [2.05, 4.69) is 15.2 Å². The van der Waals surface area contributed by atoms with Gasteiger partial charge < -0.3 is 24.4 Å². The Kier molecular flexibility index (Phi) is 5.92. The van der Waals surface area contributed by atoms with Gasteiger partial charge in [0.15, 0.2) is 12.6 Å². The molecule has 2 unspecified atom stereocenters. The van der Waals surface area contributed by atoms with Crippen LogP contribution in [0, 0.1) is 6.92 Å². The van der Waals surface area contributed by atoms with Gasteiger partial charge in [0, 0.05) is 17.7 Å². The minimum absolute atomic E-state index is 0.00555. The molecular formula is C18H18ClN3O7S2. The van der Waals surface area contributed by atoms with E-state index in [1.807, 2.05) is 0 Å². The molecular weight excluding hydrogens is 470 g/mol. The molecule has 0 bridgehead atoms. The fraction of sp³-hybridized carbons (Fsp3) is 0.333. The summed E-state index contributed by atoms with van der Waals surface area (Å²) in [5.41, 5.74) is 1.47. The standard InChI is InChI=1S/C18H18ClN3O7S2/c1-10-14(19)17(29-21-10)22-31(25,26)18-13(27-9-28-18)8-30-15(18)16(24)20-12-5-3-2-4-11(12)6-7-23/h2-5,8,15,22-23H,6-7,9H2,1H3,(H,20,24). The van der Waals surface area contributed by atoms with Crippen molar-refractivity contribution in [2.45, 2.75) is 23.5 Å². The number of thioether (sulfide) groups is 1. The number of aryl methyl sites for hydroxylation is 1. The molecule has 0 aliphatic carbocycles. The Morgan fingerprint density at radius 2 is 2.19 bits per heavy atom. The van der Waals surface area contributed by atoms with Crippen LogP contribution in [0.4, 0.5) is 11.6 Å². The number of para-hydroxylation sites is 1. The number of aliphatic hydroxyl groups is 1. The van der Waals surface area contributed by atoms with Gasteiger partial charge in [0.05, 0.1) is 0 Å². The number of anilines is 2. The van der Waals surface area contributed by atoms with Crippen molar-refractivity contribution in [3.63, 3.8) is 0 Å². The number of ether oxygens (including phenoxy) is 2. The summed E-state index contributed by atoms with van der Waals surface area (Å²) in [6.45, 7) is 1.10. The zero-order valence-electron chi connectivity index (χ0n) is 16.1. The molecule has 3 N–H and O–H groups in total. The molecule has 13 heteroatoms. The first-order valence-electron chi connectivity index (χ1n) is 9.07. The Balaban J connectivity index is 1.66. The van der Waals surface area contributed by atoms with E-state index in [-0.39, 0.29) is 30.1 Å². The van der Waals surface area contributed by atoms with Crippen molar-refractivity contribution < 1.29 is 32.3 Å². The molecule has 1 aromatic heterocycles. The number of aromatic nitrogens is 1. The first-order chi connectivity index (χ1) is 14.8. The SMILES string of the molecule is Cc1noc(NS(=O)(=O)C23OCOC2=CSC3C(=O)Nc2ccccc2CCO)c1Cl. The predicted molar refractivity (Wildman–Crippen MR) is 114 cm³/mol. The molecule has 1 fully saturated rings. The molecule has 1 saturated heterocycles. The van der Waals surface area contributed by atoms with Gasteiger partial charge in [-0.2, -0.15) is 0 Å².